The molecule has 1 fully saturated rings. The van der Waals surface area contributed by atoms with Gasteiger partial charge in [-0.05, 0) is 60.4 Å². The van der Waals surface area contributed by atoms with Crippen LogP contribution in [0.25, 0.3) is 0 Å². The molecule has 4 aromatic rings. The smallest absolute Gasteiger partial charge is 0.0224 e. The number of rotatable bonds is 10. The minimum atomic E-state index is 0.488. The summed E-state index contributed by atoms with van der Waals surface area (Å²) in [7, 11) is 0. The van der Waals surface area contributed by atoms with Gasteiger partial charge >= 0.3 is 0 Å². The Morgan fingerprint density at radius 3 is 1.33 bits per heavy atom. The molecule has 2 N–H and O–H groups in total. The van der Waals surface area contributed by atoms with Crippen molar-refractivity contribution < 1.29 is 0 Å². The SMILES string of the molecule is c1ccc(Sc2ccccc2CN[C@@H]2CCCC[C@H]2NCc2ccccc2Sc2ccccc2)cc1. The molecule has 0 amide bonds. The van der Waals surface area contributed by atoms with Gasteiger partial charge in [-0.2, -0.15) is 0 Å². The van der Waals surface area contributed by atoms with Crippen LogP contribution in [0.15, 0.2) is 129 Å². The number of benzene rings is 4. The predicted molar refractivity (Wildman–Crippen MR) is 154 cm³/mol. The van der Waals surface area contributed by atoms with Crippen LogP contribution in [-0.2, 0) is 13.1 Å². The Bertz CT molecular complexity index is 1120. The van der Waals surface area contributed by atoms with E-state index in [4.69, 9.17) is 0 Å². The van der Waals surface area contributed by atoms with Crippen LogP contribution in [0.5, 0.6) is 0 Å². The summed E-state index contributed by atoms with van der Waals surface area (Å²) in [6.07, 6.45) is 5.06. The molecule has 0 radical (unpaired) electrons. The van der Waals surface area contributed by atoms with Gasteiger partial charge in [-0.25, -0.2) is 0 Å². The fourth-order valence-electron chi connectivity index (χ4n) is 4.83. The average Bonchev–Trinajstić information content (AvgIpc) is 2.94. The van der Waals surface area contributed by atoms with E-state index < -0.39 is 0 Å². The zero-order valence-electron chi connectivity index (χ0n) is 20.6. The first-order valence-electron chi connectivity index (χ1n) is 12.9. The second-order valence-corrected chi connectivity index (χ2v) is 11.5. The normalized spacial score (nSPS) is 17.7. The summed E-state index contributed by atoms with van der Waals surface area (Å²) >= 11 is 3.71. The molecule has 4 aromatic carbocycles. The molecule has 0 bridgehead atoms. The van der Waals surface area contributed by atoms with E-state index in [1.165, 1.54) is 56.4 Å². The molecule has 2 atom stereocenters. The van der Waals surface area contributed by atoms with Crippen LogP contribution in [0.2, 0.25) is 0 Å². The van der Waals surface area contributed by atoms with Gasteiger partial charge in [-0.3, -0.25) is 0 Å². The van der Waals surface area contributed by atoms with Gasteiger partial charge in [0.2, 0.25) is 0 Å². The zero-order chi connectivity index (χ0) is 24.4. The topological polar surface area (TPSA) is 24.1 Å². The standard InChI is InChI=1S/C32H34N2S2/c1-3-15-27(16-4-1)35-31-21-11-7-13-25(31)23-33-29-19-9-10-20-30(29)34-24-26-14-8-12-22-32(26)36-28-17-5-2-6-18-28/h1-8,11-18,21-22,29-30,33-34H,9-10,19-20,23-24H2/t29-,30-/m1/s1. The van der Waals surface area contributed by atoms with Crippen molar-refractivity contribution in [2.75, 3.05) is 0 Å². The van der Waals surface area contributed by atoms with Gasteiger partial charge in [0.1, 0.15) is 0 Å². The van der Waals surface area contributed by atoms with Crippen molar-refractivity contribution in [3.8, 4) is 0 Å². The molecule has 184 valence electrons. The van der Waals surface area contributed by atoms with Crippen LogP contribution in [0.1, 0.15) is 36.8 Å². The van der Waals surface area contributed by atoms with Gasteiger partial charge in [0.15, 0.2) is 0 Å². The van der Waals surface area contributed by atoms with E-state index in [1.807, 2.05) is 23.5 Å². The van der Waals surface area contributed by atoms with Crippen LogP contribution in [0, 0.1) is 0 Å². The lowest BCUT2D eigenvalue weighted by molar-refractivity contribution is 0.280. The van der Waals surface area contributed by atoms with E-state index in [0.717, 1.165) is 13.1 Å². The largest absolute Gasteiger partial charge is 0.308 e. The van der Waals surface area contributed by atoms with Crippen molar-refractivity contribution in [3.05, 3.63) is 120 Å². The average molecular weight is 511 g/mol. The third-order valence-corrected chi connectivity index (χ3v) is 9.01. The van der Waals surface area contributed by atoms with Crippen molar-refractivity contribution in [1.29, 1.82) is 0 Å². The molecule has 1 aliphatic rings. The van der Waals surface area contributed by atoms with Gasteiger partial charge in [-0.15, -0.1) is 0 Å². The summed E-state index contributed by atoms with van der Waals surface area (Å²) in [6, 6.07) is 39.9. The van der Waals surface area contributed by atoms with E-state index >= 15 is 0 Å². The minimum Gasteiger partial charge on any atom is -0.308 e. The second kappa shape index (κ2) is 13.2. The van der Waals surface area contributed by atoms with Crippen LogP contribution in [-0.4, -0.2) is 12.1 Å². The summed E-state index contributed by atoms with van der Waals surface area (Å²) in [5, 5.41) is 7.85. The number of nitrogens with one attached hydrogen (secondary N) is 2. The molecular formula is C32H34N2S2. The third-order valence-electron chi connectivity index (χ3n) is 6.76. The minimum absolute atomic E-state index is 0.488. The van der Waals surface area contributed by atoms with E-state index in [2.05, 4.69) is 120 Å². The Morgan fingerprint density at radius 1 is 0.500 bits per heavy atom. The summed E-state index contributed by atoms with van der Waals surface area (Å²) in [5.41, 5.74) is 2.75. The maximum Gasteiger partial charge on any atom is 0.0224 e. The van der Waals surface area contributed by atoms with Crippen molar-refractivity contribution in [1.82, 2.24) is 10.6 Å². The summed E-state index contributed by atoms with van der Waals surface area (Å²) in [6.45, 7) is 1.80. The number of hydrogen-bond acceptors (Lipinski definition) is 4. The lowest BCUT2D eigenvalue weighted by Gasteiger charge is -2.33. The van der Waals surface area contributed by atoms with Crippen LogP contribution in [0.4, 0.5) is 0 Å². The molecule has 0 heterocycles. The third kappa shape index (κ3) is 7.04. The van der Waals surface area contributed by atoms with Crippen molar-refractivity contribution >= 4 is 23.5 Å². The second-order valence-electron chi connectivity index (χ2n) is 9.30. The predicted octanol–water partition coefficient (Wildman–Crippen LogP) is 8.18. The summed E-state index contributed by atoms with van der Waals surface area (Å²) < 4.78 is 0. The lowest BCUT2D eigenvalue weighted by Crippen LogP contribution is -2.49. The molecular weight excluding hydrogens is 477 g/mol. The van der Waals surface area contributed by atoms with Crippen LogP contribution >= 0.6 is 23.5 Å². The molecule has 0 unspecified atom stereocenters. The molecule has 0 aromatic heterocycles. The van der Waals surface area contributed by atoms with E-state index in [1.54, 1.807) is 0 Å². The van der Waals surface area contributed by atoms with Crippen molar-refractivity contribution in [2.45, 2.75) is 70.4 Å². The van der Waals surface area contributed by atoms with Crippen molar-refractivity contribution in [3.63, 3.8) is 0 Å². The molecule has 2 nitrogen and oxygen atoms in total. The molecule has 0 spiro atoms. The van der Waals surface area contributed by atoms with Gasteiger partial charge in [-0.1, -0.05) is 109 Å². The van der Waals surface area contributed by atoms with E-state index in [0.29, 0.717) is 12.1 Å². The van der Waals surface area contributed by atoms with Gasteiger partial charge in [0, 0.05) is 44.8 Å². The molecule has 5 rings (SSSR count). The molecule has 1 saturated carbocycles. The van der Waals surface area contributed by atoms with Crippen LogP contribution in [0.3, 0.4) is 0 Å². The molecule has 1 aliphatic carbocycles. The molecule has 0 aliphatic heterocycles. The monoisotopic (exact) mass is 510 g/mol. The van der Waals surface area contributed by atoms with E-state index in [-0.39, 0.29) is 0 Å². The highest BCUT2D eigenvalue weighted by Gasteiger charge is 2.24. The Labute approximate surface area is 224 Å². The fourth-order valence-corrected chi connectivity index (χ4v) is 6.76. The maximum atomic E-state index is 3.92. The zero-order valence-corrected chi connectivity index (χ0v) is 22.2. The Hall–Kier alpha value is -2.50. The summed E-state index contributed by atoms with van der Waals surface area (Å²) in [4.78, 5) is 5.25. The number of hydrogen-bond donors (Lipinski definition) is 2. The van der Waals surface area contributed by atoms with E-state index in [9.17, 15) is 0 Å². The molecule has 36 heavy (non-hydrogen) atoms. The molecule has 4 heteroatoms. The highest BCUT2D eigenvalue weighted by molar-refractivity contribution is 7.99. The highest BCUT2D eigenvalue weighted by Crippen LogP contribution is 2.32. The van der Waals surface area contributed by atoms with Gasteiger partial charge < -0.3 is 10.6 Å². The first-order valence-corrected chi connectivity index (χ1v) is 14.6. The quantitative estimate of drug-likeness (QED) is 0.225. The van der Waals surface area contributed by atoms with Crippen LogP contribution < -0.4 is 10.6 Å². The van der Waals surface area contributed by atoms with Gasteiger partial charge in [0.05, 0.1) is 0 Å². The Kier molecular flexibility index (Phi) is 9.20. The Balaban J connectivity index is 1.21. The first-order chi connectivity index (χ1) is 17.8. The lowest BCUT2D eigenvalue weighted by atomic mass is 9.90. The molecule has 0 saturated heterocycles. The Morgan fingerprint density at radius 2 is 0.889 bits per heavy atom. The maximum absolute atomic E-state index is 3.92. The highest BCUT2D eigenvalue weighted by atomic mass is 32.2. The fraction of sp³-hybridized carbons (Fsp3) is 0.250. The van der Waals surface area contributed by atoms with Crippen molar-refractivity contribution in [2.24, 2.45) is 0 Å². The summed E-state index contributed by atoms with van der Waals surface area (Å²) in [5.74, 6) is 0. The first kappa shape index (κ1) is 25.2. The van der Waals surface area contributed by atoms with Gasteiger partial charge in [0.25, 0.3) is 0 Å².